The van der Waals surface area contributed by atoms with Crippen LogP contribution in [0.2, 0.25) is 22.3 Å². The van der Waals surface area contributed by atoms with Gasteiger partial charge >= 0.3 is 49.0 Å². The van der Waals surface area contributed by atoms with Gasteiger partial charge in [-0.2, -0.15) is 0 Å². The Labute approximate surface area is 49.5 Å². The third-order valence-electron chi connectivity index (χ3n) is 1.56. The van der Waals surface area contributed by atoms with Crippen LogP contribution in [0.4, 0.5) is 0 Å². The van der Waals surface area contributed by atoms with Crippen LogP contribution in [0.5, 0.6) is 0 Å². The van der Waals surface area contributed by atoms with Gasteiger partial charge in [0.25, 0.3) is 0 Å². The van der Waals surface area contributed by atoms with Crippen LogP contribution < -0.4 is 0 Å². The van der Waals surface area contributed by atoms with E-state index in [4.69, 9.17) is 0 Å². The first-order valence-electron chi connectivity index (χ1n) is 2.81. The molecule has 7 heavy (non-hydrogen) atoms. The topological polar surface area (TPSA) is 0 Å². The van der Waals surface area contributed by atoms with E-state index in [1.807, 2.05) is 0 Å². The van der Waals surface area contributed by atoms with Crippen molar-refractivity contribution >= 4 is 12.8 Å². The Bertz CT molecular complexity index is 42.1. The van der Waals surface area contributed by atoms with Crippen molar-refractivity contribution in [1.82, 2.24) is 0 Å². The van der Waals surface area contributed by atoms with Gasteiger partial charge in [-0.1, -0.05) is 0 Å². The van der Waals surface area contributed by atoms with Crippen molar-refractivity contribution in [2.45, 2.75) is 36.1 Å². The molecule has 0 N–H and O–H groups in total. The Morgan fingerprint density at radius 3 is 1.29 bits per heavy atom. The summed E-state index contributed by atoms with van der Waals surface area (Å²) in [5.74, 6) is 4.91. The number of rotatable bonds is 2. The molecule has 0 unspecified atom stereocenters. The van der Waals surface area contributed by atoms with E-state index >= 15 is 0 Å². The Hall–Kier alpha value is 0.519. The Balaban J connectivity index is 3.36. The molecular formula is C6H16Se. The van der Waals surface area contributed by atoms with Gasteiger partial charge in [0, 0.05) is 0 Å². The van der Waals surface area contributed by atoms with Crippen LogP contribution in [0, 0.1) is 0 Å². The first-order valence-corrected chi connectivity index (χ1v) is 8.66. The molecular weight excluding hydrogens is 151 g/mol. The van der Waals surface area contributed by atoms with Gasteiger partial charge in [0.1, 0.15) is 0 Å². The van der Waals surface area contributed by atoms with Gasteiger partial charge in [-0.15, -0.1) is 0 Å². The molecule has 0 spiro atoms. The molecule has 0 radical (unpaired) electrons. The summed E-state index contributed by atoms with van der Waals surface area (Å²) in [7, 11) is 0. The Morgan fingerprint density at radius 2 is 1.29 bits per heavy atom. The zero-order valence-corrected chi connectivity index (χ0v) is 7.54. The van der Waals surface area contributed by atoms with Crippen molar-refractivity contribution in [2.24, 2.45) is 0 Å². The molecule has 0 aromatic rings. The van der Waals surface area contributed by atoms with Gasteiger partial charge in [-0.05, 0) is 0 Å². The van der Waals surface area contributed by atoms with E-state index in [2.05, 4.69) is 25.5 Å². The summed E-state index contributed by atoms with van der Waals surface area (Å²) in [5, 5.41) is 2.90. The molecule has 0 rings (SSSR count). The molecule has 0 saturated carbocycles. The van der Waals surface area contributed by atoms with Crippen molar-refractivity contribution in [2.75, 3.05) is 0 Å². The molecule has 0 bridgehead atoms. The van der Waals surface area contributed by atoms with E-state index in [-0.39, 0.29) is 0 Å². The van der Waals surface area contributed by atoms with Crippen LogP contribution in [0.1, 0.15) is 13.8 Å². The van der Waals surface area contributed by atoms with Gasteiger partial charge in [0.05, 0.1) is 0 Å². The molecule has 46 valence electrons. The summed E-state index contributed by atoms with van der Waals surface area (Å²) in [6.07, 6.45) is 0. The van der Waals surface area contributed by atoms with E-state index in [1.54, 1.807) is 0 Å². The molecule has 0 nitrogen and oxygen atoms in total. The fourth-order valence-electron chi connectivity index (χ4n) is 0.204. The summed E-state index contributed by atoms with van der Waals surface area (Å²) in [4.78, 5) is 0. The molecule has 1 heteroatoms. The minimum atomic E-state index is -0.806. The molecule has 0 atom stereocenters. The molecule has 0 aliphatic carbocycles. The second-order valence-electron chi connectivity index (χ2n) is 2.34. The summed E-state index contributed by atoms with van der Waals surface area (Å²) in [5.41, 5.74) is 0. The van der Waals surface area contributed by atoms with Crippen LogP contribution >= 0.6 is 0 Å². The van der Waals surface area contributed by atoms with E-state index in [1.165, 1.54) is 10.6 Å². The van der Waals surface area contributed by atoms with Crippen LogP contribution in [0.3, 0.4) is 0 Å². The van der Waals surface area contributed by atoms with E-state index in [0.717, 1.165) is 0 Å². The van der Waals surface area contributed by atoms with Crippen LogP contribution in [-0.4, -0.2) is 12.8 Å². The van der Waals surface area contributed by atoms with Crippen LogP contribution in [-0.2, 0) is 0 Å². The zero-order chi connectivity index (χ0) is 5.91. The molecule has 0 amide bonds. The van der Waals surface area contributed by atoms with E-state index < -0.39 is 12.8 Å². The SMILES string of the molecule is CC[Se](C)(C)CC. The van der Waals surface area contributed by atoms with E-state index in [0.29, 0.717) is 0 Å². The Morgan fingerprint density at radius 1 is 1.00 bits per heavy atom. The summed E-state index contributed by atoms with van der Waals surface area (Å²) in [6, 6.07) is 0. The summed E-state index contributed by atoms with van der Waals surface area (Å²) < 4.78 is 0. The van der Waals surface area contributed by atoms with E-state index in [9.17, 15) is 0 Å². The van der Waals surface area contributed by atoms with Gasteiger partial charge in [-0.3, -0.25) is 0 Å². The average Bonchev–Trinajstić information content (AvgIpc) is 1.68. The number of hydrogen-bond donors (Lipinski definition) is 0. The van der Waals surface area contributed by atoms with Crippen molar-refractivity contribution in [3.8, 4) is 0 Å². The maximum absolute atomic E-state index is 2.45. The quantitative estimate of drug-likeness (QED) is 0.555. The van der Waals surface area contributed by atoms with Gasteiger partial charge < -0.3 is 0 Å². The Kier molecular flexibility index (Phi) is 2.94. The zero-order valence-electron chi connectivity index (χ0n) is 5.82. The van der Waals surface area contributed by atoms with Gasteiger partial charge in [0.2, 0.25) is 0 Å². The van der Waals surface area contributed by atoms with Gasteiger partial charge in [-0.25, -0.2) is 0 Å². The summed E-state index contributed by atoms with van der Waals surface area (Å²) in [6.45, 7) is 4.62. The van der Waals surface area contributed by atoms with Crippen molar-refractivity contribution in [1.29, 1.82) is 0 Å². The third-order valence-corrected chi connectivity index (χ3v) is 8.12. The average molecular weight is 167 g/mol. The molecule has 0 aliphatic rings. The van der Waals surface area contributed by atoms with Crippen molar-refractivity contribution < 1.29 is 0 Å². The monoisotopic (exact) mass is 168 g/mol. The fourth-order valence-corrected chi connectivity index (χ4v) is 1.06. The number of hydrogen-bond acceptors (Lipinski definition) is 0. The molecule has 0 heterocycles. The van der Waals surface area contributed by atoms with Crippen molar-refractivity contribution in [3.05, 3.63) is 0 Å². The first-order chi connectivity index (χ1) is 3.12. The second kappa shape index (κ2) is 2.74. The van der Waals surface area contributed by atoms with Crippen molar-refractivity contribution in [3.63, 3.8) is 0 Å². The molecule has 0 aromatic carbocycles. The summed E-state index contributed by atoms with van der Waals surface area (Å²) >= 11 is -0.806. The predicted octanol–water partition coefficient (Wildman–Crippen LogP) is 2.73. The third kappa shape index (κ3) is 3.13. The molecule has 0 saturated heterocycles. The fraction of sp³-hybridized carbons (Fsp3) is 1.00. The molecule has 0 fully saturated rings. The first kappa shape index (κ1) is 7.52. The van der Waals surface area contributed by atoms with Gasteiger partial charge in [0.15, 0.2) is 0 Å². The van der Waals surface area contributed by atoms with Crippen LogP contribution in [0.25, 0.3) is 0 Å². The van der Waals surface area contributed by atoms with Crippen LogP contribution in [0.15, 0.2) is 0 Å². The molecule has 0 aliphatic heterocycles. The standard InChI is InChI=1S/C6H16Se/c1-5-7(3,4)6-2/h5-6H2,1-4H3. The normalized spacial score (nSPS) is 14.3. The second-order valence-corrected chi connectivity index (χ2v) is 12.2. The molecule has 0 aromatic heterocycles. The predicted molar refractivity (Wildman–Crippen MR) is 38.4 cm³/mol. The minimum absolute atomic E-state index is 0.806. The maximum atomic E-state index is 2.45.